The summed E-state index contributed by atoms with van der Waals surface area (Å²) in [6, 6.07) is 7.20. The van der Waals surface area contributed by atoms with Crippen LogP contribution in [0.15, 0.2) is 24.3 Å². The Kier molecular flexibility index (Phi) is 7.95. The highest BCUT2D eigenvalue weighted by Crippen LogP contribution is 2.22. The van der Waals surface area contributed by atoms with Crippen LogP contribution in [0.5, 0.6) is 0 Å². The Morgan fingerprint density at radius 3 is 2.61 bits per heavy atom. The molecule has 2 unspecified atom stereocenters. The van der Waals surface area contributed by atoms with Gasteiger partial charge in [-0.1, -0.05) is 29.8 Å². The normalized spacial score (nSPS) is 13.3. The van der Waals surface area contributed by atoms with Gasteiger partial charge in [0.25, 0.3) is 5.91 Å². The van der Waals surface area contributed by atoms with Crippen LogP contribution in [0.3, 0.4) is 0 Å². The van der Waals surface area contributed by atoms with Gasteiger partial charge in [0.05, 0.1) is 6.04 Å². The van der Waals surface area contributed by atoms with Crippen molar-refractivity contribution < 1.29 is 9.53 Å². The van der Waals surface area contributed by atoms with Gasteiger partial charge in [-0.05, 0) is 18.6 Å². The van der Waals surface area contributed by atoms with Crippen molar-refractivity contribution in [3.8, 4) is 0 Å². The number of carbonyl (C=O) groups is 1. The molecule has 0 radical (unpaired) electrons. The number of methoxy groups -OCH3 is 1. The van der Waals surface area contributed by atoms with Crippen LogP contribution in [0.25, 0.3) is 0 Å². The maximum atomic E-state index is 11.7. The van der Waals surface area contributed by atoms with Crippen molar-refractivity contribution in [2.24, 2.45) is 5.73 Å². The fourth-order valence-corrected chi connectivity index (χ4v) is 1.82. The van der Waals surface area contributed by atoms with Crippen molar-refractivity contribution in [2.75, 3.05) is 13.7 Å². The topological polar surface area (TPSA) is 64.3 Å². The van der Waals surface area contributed by atoms with Crippen LogP contribution in [0.1, 0.15) is 18.5 Å². The quantitative estimate of drug-likeness (QED) is 0.871. The molecule has 0 saturated heterocycles. The highest BCUT2D eigenvalue weighted by Gasteiger charge is 2.19. The van der Waals surface area contributed by atoms with Crippen LogP contribution in [0.2, 0.25) is 5.02 Å². The van der Waals surface area contributed by atoms with Gasteiger partial charge in [0, 0.05) is 18.7 Å². The number of rotatable bonds is 5. The maximum absolute atomic E-state index is 11.7. The van der Waals surface area contributed by atoms with Crippen molar-refractivity contribution in [1.82, 2.24) is 5.32 Å². The summed E-state index contributed by atoms with van der Waals surface area (Å²) in [5, 5.41) is 3.44. The van der Waals surface area contributed by atoms with Gasteiger partial charge in [-0.15, -0.1) is 12.4 Å². The zero-order chi connectivity index (χ0) is 12.8. The van der Waals surface area contributed by atoms with Crippen LogP contribution >= 0.6 is 24.0 Å². The zero-order valence-electron chi connectivity index (χ0n) is 10.4. The average molecular weight is 293 g/mol. The number of halogens is 2. The zero-order valence-corrected chi connectivity index (χ0v) is 11.9. The predicted octanol–water partition coefficient (Wildman–Crippen LogP) is 1.91. The van der Waals surface area contributed by atoms with Gasteiger partial charge in [0.2, 0.25) is 0 Å². The van der Waals surface area contributed by atoms with E-state index >= 15 is 0 Å². The molecule has 0 aromatic heterocycles. The number of hydrogen-bond acceptors (Lipinski definition) is 3. The van der Waals surface area contributed by atoms with E-state index in [0.717, 1.165) is 5.56 Å². The summed E-state index contributed by atoms with van der Waals surface area (Å²) < 4.78 is 4.96. The largest absolute Gasteiger partial charge is 0.370 e. The van der Waals surface area contributed by atoms with Gasteiger partial charge in [-0.3, -0.25) is 4.79 Å². The van der Waals surface area contributed by atoms with E-state index in [2.05, 4.69) is 5.32 Å². The molecular weight excluding hydrogens is 275 g/mol. The summed E-state index contributed by atoms with van der Waals surface area (Å²) in [6.07, 6.45) is -0.625. The Balaban J connectivity index is 0.00000289. The molecule has 1 aromatic carbocycles. The first kappa shape index (κ1) is 17.2. The van der Waals surface area contributed by atoms with Crippen molar-refractivity contribution in [3.05, 3.63) is 34.9 Å². The highest BCUT2D eigenvalue weighted by atomic mass is 35.5. The molecule has 0 aliphatic heterocycles. The smallest absolute Gasteiger partial charge is 0.250 e. The summed E-state index contributed by atoms with van der Waals surface area (Å²) in [4.78, 5) is 11.7. The Bertz CT molecular complexity index is 384. The summed E-state index contributed by atoms with van der Waals surface area (Å²) >= 11 is 6.04. The van der Waals surface area contributed by atoms with Gasteiger partial charge < -0.3 is 15.8 Å². The Hall–Kier alpha value is -0.810. The van der Waals surface area contributed by atoms with E-state index in [9.17, 15) is 4.79 Å². The molecule has 1 rings (SSSR count). The number of nitrogens with one attached hydrogen (secondary N) is 1. The number of benzene rings is 1. The predicted molar refractivity (Wildman–Crippen MR) is 75.1 cm³/mol. The first-order chi connectivity index (χ1) is 8.10. The SMILES string of the molecule is COC(CN)C(=O)NC(C)c1ccccc1Cl.Cl. The fraction of sp³-hybridized carbons (Fsp3) is 0.417. The van der Waals surface area contributed by atoms with Crippen molar-refractivity contribution in [3.63, 3.8) is 0 Å². The van der Waals surface area contributed by atoms with E-state index in [0.29, 0.717) is 5.02 Å². The lowest BCUT2D eigenvalue weighted by Gasteiger charge is -2.19. The second-order valence-electron chi connectivity index (χ2n) is 3.71. The molecule has 0 aliphatic carbocycles. The molecule has 1 aromatic rings. The van der Waals surface area contributed by atoms with Crippen LogP contribution < -0.4 is 11.1 Å². The molecule has 0 fully saturated rings. The monoisotopic (exact) mass is 292 g/mol. The molecule has 18 heavy (non-hydrogen) atoms. The van der Waals surface area contributed by atoms with E-state index in [1.807, 2.05) is 25.1 Å². The molecule has 0 aliphatic rings. The second kappa shape index (κ2) is 8.32. The minimum atomic E-state index is -0.625. The molecule has 4 nitrogen and oxygen atoms in total. The number of nitrogens with two attached hydrogens (primary N) is 1. The van der Waals surface area contributed by atoms with Crippen LogP contribution in [-0.2, 0) is 9.53 Å². The Morgan fingerprint density at radius 1 is 1.50 bits per heavy atom. The van der Waals surface area contributed by atoms with Crippen LogP contribution in [0, 0.1) is 0 Å². The van der Waals surface area contributed by atoms with Gasteiger partial charge >= 0.3 is 0 Å². The summed E-state index contributed by atoms with van der Waals surface area (Å²) in [6.45, 7) is 2.01. The van der Waals surface area contributed by atoms with Crippen molar-refractivity contribution >= 4 is 29.9 Å². The minimum Gasteiger partial charge on any atom is -0.370 e. The number of carbonyl (C=O) groups excluding carboxylic acids is 1. The molecule has 3 N–H and O–H groups in total. The first-order valence-corrected chi connectivity index (χ1v) is 5.75. The number of amides is 1. The first-order valence-electron chi connectivity index (χ1n) is 5.37. The van der Waals surface area contributed by atoms with E-state index in [4.69, 9.17) is 22.1 Å². The lowest BCUT2D eigenvalue weighted by Crippen LogP contribution is -2.41. The summed E-state index contributed by atoms with van der Waals surface area (Å²) in [5.41, 5.74) is 6.29. The molecule has 0 saturated carbocycles. The molecule has 1 amide bonds. The highest BCUT2D eigenvalue weighted by molar-refractivity contribution is 6.31. The van der Waals surface area contributed by atoms with Crippen molar-refractivity contribution in [1.29, 1.82) is 0 Å². The lowest BCUT2D eigenvalue weighted by molar-refractivity contribution is -0.131. The summed E-state index contributed by atoms with van der Waals surface area (Å²) in [7, 11) is 1.46. The van der Waals surface area contributed by atoms with Crippen LogP contribution in [-0.4, -0.2) is 25.7 Å². The molecule has 0 heterocycles. The Morgan fingerprint density at radius 2 is 2.11 bits per heavy atom. The number of hydrogen-bond donors (Lipinski definition) is 2. The van der Waals surface area contributed by atoms with Gasteiger partial charge in [-0.2, -0.15) is 0 Å². The Labute approximate surface area is 118 Å². The third-order valence-corrected chi connectivity index (χ3v) is 2.87. The van der Waals surface area contributed by atoms with Gasteiger partial charge in [-0.25, -0.2) is 0 Å². The average Bonchev–Trinajstić information content (AvgIpc) is 2.31. The van der Waals surface area contributed by atoms with Crippen molar-refractivity contribution in [2.45, 2.75) is 19.1 Å². The molecular formula is C12H18Cl2N2O2. The van der Waals surface area contributed by atoms with Gasteiger partial charge in [0.15, 0.2) is 0 Å². The van der Waals surface area contributed by atoms with E-state index < -0.39 is 6.10 Å². The van der Waals surface area contributed by atoms with E-state index in [1.54, 1.807) is 6.07 Å². The molecule has 102 valence electrons. The lowest BCUT2D eigenvalue weighted by atomic mass is 10.1. The van der Waals surface area contributed by atoms with Gasteiger partial charge in [0.1, 0.15) is 6.10 Å². The third-order valence-electron chi connectivity index (χ3n) is 2.52. The molecule has 2 atom stereocenters. The number of ether oxygens (including phenoxy) is 1. The molecule has 6 heteroatoms. The fourth-order valence-electron chi connectivity index (χ4n) is 1.52. The standard InChI is InChI=1S/C12H17ClN2O2.ClH/c1-8(9-5-3-4-6-10(9)13)15-12(16)11(7-14)17-2;/h3-6,8,11H,7,14H2,1-2H3,(H,15,16);1H. The molecule has 0 bridgehead atoms. The van der Waals surface area contributed by atoms with E-state index in [1.165, 1.54) is 7.11 Å². The third kappa shape index (κ3) is 4.46. The molecule has 0 spiro atoms. The second-order valence-corrected chi connectivity index (χ2v) is 4.12. The summed E-state index contributed by atoms with van der Waals surface area (Å²) in [5.74, 6) is -0.234. The minimum absolute atomic E-state index is 0. The maximum Gasteiger partial charge on any atom is 0.250 e. The van der Waals surface area contributed by atoms with E-state index in [-0.39, 0.29) is 30.9 Å². The van der Waals surface area contributed by atoms with Crippen LogP contribution in [0.4, 0.5) is 0 Å².